The average molecular weight is 427 g/mol. The zero-order valence-corrected chi connectivity index (χ0v) is 19.2. The van der Waals surface area contributed by atoms with Gasteiger partial charge in [-0.05, 0) is 64.4 Å². The van der Waals surface area contributed by atoms with Gasteiger partial charge >= 0.3 is 0 Å². The van der Waals surface area contributed by atoms with Gasteiger partial charge in [-0.3, -0.25) is 14.6 Å². The Bertz CT molecular complexity index is 864. The Morgan fingerprint density at radius 1 is 1.10 bits per heavy atom. The van der Waals surface area contributed by atoms with Crippen LogP contribution in [0.1, 0.15) is 37.4 Å². The van der Waals surface area contributed by atoms with Crippen LogP contribution in [0.2, 0.25) is 0 Å². The van der Waals surface area contributed by atoms with Crippen LogP contribution in [0.15, 0.2) is 24.3 Å². The summed E-state index contributed by atoms with van der Waals surface area (Å²) in [7, 11) is 0. The summed E-state index contributed by atoms with van der Waals surface area (Å²) in [4.78, 5) is 17.6. The van der Waals surface area contributed by atoms with E-state index in [0.717, 1.165) is 84.8 Å². The van der Waals surface area contributed by atoms with E-state index in [1.165, 1.54) is 22.2 Å². The topological polar surface area (TPSA) is 49.7 Å². The molecule has 2 saturated heterocycles. The maximum atomic E-state index is 12.6. The van der Waals surface area contributed by atoms with E-state index in [-0.39, 0.29) is 11.8 Å². The molecule has 0 unspecified atom stereocenters. The molecule has 2 aromatic rings. The molecule has 0 bridgehead atoms. The van der Waals surface area contributed by atoms with Gasteiger partial charge in [-0.2, -0.15) is 0 Å². The molecule has 0 atom stereocenters. The minimum absolute atomic E-state index is 0.165. The molecule has 1 aromatic carbocycles. The van der Waals surface area contributed by atoms with E-state index in [1.807, 2.05) is 0 Å². The summed E-state index contributed by atoms with van der Waals surface area (Å²) >= 11 is 0. The van der Waals surface area contributed by atoms with Gasteiger partial charge in [0, 0.05) is 55.2 Å². The molecular formula is C25H38N4O2. The van der Waals surface area contributed by atoms with Crippen molar-refractivity contribution in [1.29, 1.82) is 0 Å². The van der Waals surface area contributed by atoms with E-state index in [4.69, 9.17) is 4.74 Å². The van der Waals surface area contributed by atoms with Crippen LogP contribution in [-0.4, -0.2) is 72.8 Å². The van der Waals surface area contributed by atoms with Gasteiger partial charge in [0.05, 0.1) is 13.2 Å². The Kier molecular flexibility index (Phi) is 7.64. The molecule has 0 aliphatic carbocycles. The van der Waals surface area contributed by atoms with Crippen LogP contribution in [0.4, 0.5) is 0 Å². The number of para-hydroxylation sites is 1. The third-order valence-corrected chi connectivity index (χ3v) is 7.07. The standard InChI is InChI=1S/C25H38N4O2/c1-3-29-20(2)23(22-7-4-5-8-24(22)29)19-28-13-9-21(10-14-28)25(30)26-11-6-12-27-15-17-31-18-16-27/h4-5,7-8,21H,3,6,9-19H2,1-2H3,(H,26,30). The SMILES string of the molecule is CCn1c(C)c(CN2CCC(C(=O)NCCCN3CCOCC3)CC2)c2ccccc21. The van der Waals surface area contributed by atoms with Crippen molar-refractivity contribution in [2.45, 2.75) is 46.2 Å². The summed E-state index contributed by atoms with van der Waals surface area (Å²) in [6.45, 7) is 14.0. The third kappa shape index (κ3) is 5.30. The number of piperidine rings is 1. The summed E-state index contributed by atoms with van der Waals surface area (Å²) in [6, 6.07) is 8.75. The molecule has 31 heavy (non-hydrogen) atoms. The van der Waals surface area contributed by atoms with E-state index < -0.39 is 0 Å². The van der Waals surface area contributed by atoms with Crippen LogP contribution in [0.3, 0.4) is 0 Å². The average Bonchev–Trinajstić information content (AvgIpc) is 3.08. The summed E-state index contributed by atoms with van der Waals surface area (Å²) in [5, 5.41) is 4.56. The quantitative estimate of drug-likeness (QED) is 0.660. The number of carbonyl (C=O) groups excluding carboxylic acids is 1. The lowest BCUT2D eigenvalue weighted by Crippen LogP contribution is -2.41. The van der Waals surface area contributed by atoms with Crippen LogP contribution < -0.4 is 5.32 Å². The molecule has 2 aliphatic rings. The second-order valence-electron chi connectivity index (χ2n) is 8.97. The number of nitrogens with zero attached hydrogens (tertiary/aromatic N) is 3. The Balaban J connectivity index is 1.23. The highest BCUT2D eigenvalue weighted by molar-refractivity contribution is 5.85. The van der Waals surface area contributed by atoms with Crippen molar-refractivity contribution in [3.8, 4) is 0 Å². The molecule has 1 N–H and O–H groups in total. The number of hydrogen-bond donors (Lipinski definition) is 1. The lowest BCUT2D eigenvalue weighted by Gasteiger charge is -2.31. The molecule has 170 valence electrons. The smallest absolute Gasteiger partial charge is 0.223 e. The minimum atomic E-state index is 0.165. The molecule has 4 rings (SSSR count). The lowest BCUT2D eigenvalue weighted by molar-refractivity contribution is -0.126. The van der Waals surface area contributed by atoms with Gasteiger partial charge in [0.1, 0.15) is 0 Å². The van der Waals surface area contributed by atoms with Crippen LogP contribution in [0, 0.1) is 12.8 Å². The molecule has 6 heteroatoms. The molecule has 2 aliphatic heterocycles. The number of hydrogen-bond acceptors (Lipinski definition) is 4. The van der Waals surface area contributed by atoms with Crippen LogP contribution in [0.5, 0.6) is 0 Å². The molecule has 6 nitrogen and oxygen atoms in total. The Morgan fingerprint density at radius 3 is 2.58 bits per heavy atom. The van der Waals surface area contributed by atoms with Gasteiger partial charge in [-0.15, -0.1) is 0 Å². The predicted octanol–water partition coefficient (Wildman–Crippen LogP) is 3.02. The number of amides is 1. The first kappa shape index (κ1) is 22.3. The van der Waals surface area contributed by atoms with Crippen molar-refractivity contribution in [2.24, 2.45) is 5.92 Å². The third-order valence-electron chi connectivity index (χ3n) is 7.07. The van der Waals surface area contributed by atoms with E-state index >= 15 is 0 Å². The van der Waals surface area contributed by atoms with Crippen molar-refractivity contribution in [1.82, 2.24) is 19.7 Å². The summed E-state index contributed by atoms with van der Waals surface area (Å²) < 4.78 is 7.81. The van der Waals surface area contributed by atoms with Crippen LogP contribution in [0.25, 0.3) is 10.9 Å². The number of likely N-dealkylation sites (tertiary alicyclic amines) is 1. The van der Waals surface area contributed by atoms with Crippen molar-refractivity contribution < 1.29 is 9.53 Å². The number of aryl methyl sites for hydroxylation is 1. The van der Waals surface area contributed by atoms with Gasteiger partial charge in [0.15, 0.2) is 0 Å². The van der Waals surface area contributed by atoms with Crippen LogP contribution in [-0.2, 0) is 22.6 Å². The van der Waals surface area contributed by atoms with Gasteiger partial charge in [-0.25, -0.2) is 0 Å². The van der Waals surface area contributed by atoms with E-state index in [0.29, 0.717) is 0 Å². The van der Waals surface area contributed by atoms with Crippen molar-refractivity contribution in [2.75, 3.05) is 52.5 Å². The van der Waals surface area contributed by atoms with Gasteiger partial charge < -0.3 is 14.6 Å². The number of ether oxygens (including phenoxy) is 1. The normalized spacial score (nSPS) is 19.2. The predicted molar refractivity (Wildman–Crippen MR) is 125 cm³/mol. The lowest BCUT2D eigenvalue weighted by atomic mass is 9.95. The highest BCUT2D eigenvalue weighted by Crippen LogP contribution is 2.28. The van der Waals surface area contributed by atoms with Crippen molar-refractivity contribution in [3.63, 3.8) is 0 Å². The number of nitrogens with one attached hydrogen (secondary N) is 1. The molecule has 3 heterocycles. The first-order valence-electron chi connectivity index (χ1n) is 12.0. The summed E-state index contributed by atoms with van der Waals surface area (Å²) in [5.41, 5.74) is 4.16. The van der Waals surface area contributed by atoms with E-state index in [9.17, 15) is 4.79 Å². The van der Waals surface area contributed by atoms with Crippen molar-refractivity contribution >= 4 is 16.8 Å². The molecule has 1 amide bonds. The van der Waals surface area contributed by atoms with Crippen molar-refractivity contribution in [3.05, 3.63) is 35.5 Å². The Labute approximate surface area is 186 Å². The number of morpholine rings is 1. The molecule has 2 fully saturated rings. The summed E-state index contributed by atoms with van der Waals surface area (Å²) in [6.07, 6.45) is 2.94. The van der Waals surface area contributed by atoms with Gasteiger partial charge in [0.2, 0.25) is 5.91 Å². The largest absolute Gasteiger partial charge is 0.379 e. The zero-order chi connectivity index (χ0) is 21.6. The zero-order valence-electron chi connectivity index (χ0n) is 19.2. The molecule has 1 aromatic heterocycles. The fourth-order valence-corrected chi connectivity index (χ4v) is 5.17. The van der Waals surface area contributed by atoms with Gasteiger partial charge in [0.25, 0.3) is 0 Å². The maximum Gasteiger partial charge on any atom is 0.223 e. The summed E-state index contributed by atoms with van der Waals surface area (Å²) in [5.74, 6) is 0.415. The molecule has 0 spiro atoms. The Hall–Kier alpha value is -1.89. The van der Waals surface area contributed by atoms with Gasteiger partial charge in [-0.1, -0.05) is 18.2 Å². The first-order valence-corrected chi connectivity index (χ1v) is 12.0. The first-order chi connectivity index (χ1) is 15.2. The number of aromatic nitrogens is 1. The van der Waals surface area contributed by atoms with Crippen LogP contribution >= 0.6 is 0 Å². The monoisotopic (exact) mass is 426 g/mol. The number of benzene rings is 1. The minimum Gasteiger partial charge on any atom is -0.379 e. The molecular weight excluding hydrogens is 388 g/mol. The fraction of sp³-hybridized carbons (Fsp3) is 0.640. The molecule has 0 radical (unpaired) electrons. The van der Waals surface area contributed by atoms with E-state index in [2.05, 4.69) is 57.8 Å². The Morgan fingerprint density at radius 2 is 1.84 bits per heavy atom. The number of fused-ring (bicyclic) bond motifs is 1. The highest BCUT2D eigenvalue weighted by atomic mass is 16.5. The number of carbonyl (C=O) groups is 1. The fourth-order valence-electron chi connectivity index (χ4n) is 5.17. The maximum absolute atomic E-state index is 12.6. The highest BCUT2D eigenvalue weighted by Gasteiger charge is 2.26. The second kappa shape index (κ2) is 10.6. The molecule has 0 saturated carbocycles. The second-order valence-corrected chi connectivity index (χ2v) is 8.97. The van der Waals surface area contributed by atoms with E-state index in [1.54, 1.807) is 0 Å². The number of rotatable bonds is 8.